The van der Waals surface area contributed by atoms with Crippen molar-refractivity contribution in [1.82, 2.24) is 21.0 Å². The van der Waals surface area contributed by atoms with Crippen LogP contribution in [0.15, 0.2) is 54.5 Å². The minimum absolute atomic E-state index is 0.287. The molecule has 1 unspecified atom stereocenters. The molecule has 3 aliphatic rings. The zero-order chi connectivity index (χ0) is 26.7. The second-order valence-electron chi connectivity index (χ2n) is 11.6. The number of nitrogens with one attached hydrogen (secondary N) is 4. The van der Waals surface area contributed by atoms with E-state index in [-0.39, 0.29) is 11.9 Å². The van der Waals surface area contributed by atoms with Gasteiger partial charge < -0.3 is 16.1 Å². The molecule has 2 aliphatic carbocycles. The molecule has 10 heteroatoms. The predicted octanol–water partition coefficient (Wildman–Crippen LogP) is 4.73. The van der Waals surface area contributed by atoms with Gasteiger partial charge in [0.25, 0.3) is 0 Å². The number of hydrogen-bond acceptors (Lipinski definition) is 7. The number of halogens is 2. The molecule has 0 radical (unpaired) electrons. The van der Waals surface area contributed by atoms with Gasteiger partial charge in [-0.1, -0.05) is 37.6 Å². The van der Waals surface area contributed by atoms with Gasteiger partial charge >= 0.3 is 0 Å². The Balaban J connectivity index is 1.42. The number of hydrogen-bond donors (Lipinski definition) is 4. The Kier molecular flexibility index (Phi) is 5.93. The highest BCUT2D eigenvalue weighted by atomic mass is 35.5. The molecule has 38 heavy (non-hydrogen) atoms. The van der Waals surface area contributed by atoms with Crippen LogP contribution >= 0.6 is 11.6 Å². The fraction of sp³-hybridized carbons (Fsp3) is 0.357. The lowest BCUT2D eigenvalue weighted by Crippen LogP contribution is -2.45. The number of anilines is 2. The number of hydrazine groups is 2. The first-order valence-corrected chi connectivity index (χ1v) is 13.4. The Morgan fingerprint density at radius 1 is 1.24 bits per heavy atom. The highest BCUT2D eigenvalue weighted by molar-refractivity contribution is 6.36. The number of nitriles is 1. The van der Waals surface area contributed by atoms with Gasteiger partial charge in [0.1, 0.15) is 19.7 Å². The molecular formula is C28H30BClFN7. The molecule has 1 aliphatic heterocycles. The average Bonchev–Trinajstić information content (AvgIpc) is 3.59. The molecule has 6 rings (SSSR count). The Hall–Kier alpha value is -3.48. The Bertz CT molecular complexity index is 1470. The van der Waals surface area contributed by atoms with Crippen LogP contribution in [-0.2, 0) is 5.44 Å². The summed E-state index contributed by atoms with van der Waals surface area (Å²) in [6.45, 7) is 4.50. The van der Waals surface area contributed by atoms with Gasteiger partial charge in [0, 0.05) is 35.6 Å². The minimum Gasteiger partial charge on any atom is -0.381 e. The number of aromatic nitrogens is 1. The van der Waals surface area contributed by atoms with E-state index in [0.29, 0.717) is 27.6 Å². The molecule has 0 amide bonds. The number of nitrogens with zero attached hydrogens (tertiary/aromatic N) is 3. The van der Waals surface area contributed by atoms with Crippen LogP contribution in [0.1, 0.15) is 50.7 Å². The molecule has 4 N–H and O–H groups in total. The maximum absolute atomic E-state index is 13.9. The van der Waals surface area contributed by atoms with Crippen molar-refractivity contribution in [2.24, 2.45) is 5.41 Å². The second-order valence-corrected chi connectivity index (χ2v) is 12.0. The lowest BCUT2D eigenvalue weighted by atomic mass is 9.68. The van der Waals surface area contributed by atoms with E-state index in [1.807, 2.05) is 12.1 Å². The van der Waals surface area contributed by atoms with Gasteiger partial charge in [0.2, 0.25) is 0 Å². The third-order valence-corrected chi connectivity index (χ3v) is 8.16. The highest BCUT2D eigenvalue weighted by Gasteiger charge is 2.39. The summed E-state index contributed by atoms with van der Waals surface area (Å²) in [5, 5.41) is 20.5. The van der Waals surface area contributed by atoms with Crippen LogP contribution in [-0.4, -0.2) is 29.9 Å². The van der Waals surface area contributed by atoms with Crippen molar-refractivity contribution in [2.45, 2.75) is 57.1 Å². The van der Waals surface area contributed by atoms with Gasteiger partial charge in [0.15, 0.2) is 0 Å². The number of rotatable bonds is 7. The molecule has 2 fully saturated rings. The summed E-state index contributed by atoms with van der Waals surface area (Å²) < 4.78 is 13.9. The maximum Gasteiger partial charge on any atom is 0.148 e. The number of pyridine rings is 1. The summed E-state index contributed by atoms with van der Waals surface area (Å²) in [5.41, 5.74) is 10.5. The zero-order valence-corrected chi connectivity index (χ0v) is 22.5. The van der Waals surface area contributed by atoms with E-state index in [2.05, 4.69) is 65.5 Å². The molecule has 2 aromatic carbocycles. The molecule has 3 aromatic rings. The van der Waals surface area contributed by atoms with Crippen molar-refractivity contribution in [2.75, 3.05) is 10.6 Å². The van der Waals surface area contributed by atoms with Crippen LogP contribution in [0.5, 0.6) is 0 Å². The molecule has 0 bridgehead atoms. The van der Waals surface area contributed by atoms with Crippen LogP contribution in [0.2, 0.25) is 5.02 Å². The fourth-order valence-corrected chi connectivity index (χ4v) is 5.92. The third kappa shape index (κ3) is 4.52. The minimum atomic E-state index is -0.743. The summed E-state index contributed by atoms with van der Waals surface area (Å²) in [6, 6.07) is 13.4. The van der Waals surface area contributed by atoms with E-state index in [1.165, 1.54) is 12.1 Å². The van der Waals surface area contributed by atoms with Crippen molar-refractivity contribution in [3.63, 3.8) is 0 Å². The van der Waals surface area contributed by atoms with Crippen molar-refractivity contribution in [1.29, 1.82) is 5.26 Å². The Morgan fingerprint density at radius 2 is 1.97 bits per heavy atom. The topological polar surface area (TPSA) is 88.0 Å². The number of fused-ring (bicyclic) bond motifs is 1. The first-order valence-electron chi connectivity index (χ1n) is 13.0. The van der Waals surface area contributed by atoms with Crippen molar-refractivity contribution in [3.8, 4) is 6.07 Å². The number of benzene rings is 2. The molecule has 2 saturated carbocycles. The van der Waals surface area contributed by atoms with E-state index in [1.54, 1.807) is 18.3 Å². The average molecular weight is 530 g/mol. The van der Waals surface area contributed by atoms with Gasteiger partial charge in [-0.05, 0) is 60.9 Å². The lowest BCUT2D eigenvalue weighted by molar-refractivity contribution is 0.167. The zero-order valence-electron chi connectivity index (χ0n) is 21.7. The van der Waals surface area contributed by atoms with Crippen molar-refractivity contribution < 1.29 is 4.39 Å². The Morgan fingerprint density at radius 3 is 2.63 bits per heavy atom. The maximum atomic E-state index is 13.9. The Labute approximate surface area is 227 Å². The SMILES string of the molecule is BC(Nc1cc(Cl)c2ncc(C#N)c(NC3CC(C)(C)C3)c2c1)(C1=CN(C2CC2)NN1)c1ccc(F)cc1. The quantitative estimate of drug-likeness (QED) is 0.329. The van der Waals surface area contributed by atoms with E-state index in [0.717, 1.165) is 53.7 Å². The summed E-state index contributed by atoms with van der Waals surface area (Å²) >= 11 is 6.77. The van der Waals surface area contributed by atoms with Crippen LogP contribution in [0, 0.1) is 22.6 Å². The van der Waals surface area contributed by atoms with E-state index in [9.17, 15) is 9.65 Å². The normalized spacial score (nSPS) is 20.2. The van der Waals surface area contributed by atoms with Crippen molar-refractivity contribution >= 4 is 41.7 Å². The second kappa shape index (κ2) is 9.07. The molecule has 1 atom stereocenters. The van der Waals surface area contributed by atoms with Gasteiger partial charge in [-0.3, -0.25) is 9.99 Å². The third-order valence-electron chi connectivity index (χ3n) is 7.87. The lowest BCUT2D eigenvalue weighted by Gasteiger charge is -2.43. The largest absolute Gasteiger partial charge is 0.381 e. The van der Waals surface area contributed by atoms with E-state index < -0.39 is 5.44 Å². The van der Waals surface area contributed by atoms with Crippen molar-refractivity contribution in [3.05, 3.63) is 76.5 Å². The molecule has 0 saturated heterocycles. The van der Waals surface area contributed by atoms with Gasteiger partial charge in [0.05, 0.1) is 32.9 Å². The predicted molar refractivity (Wildman–Crippen MR) is 151 cm³/mol. The molecule has 194 valence electrons. The van der Waals surface area contributed by atoms with Crippen LogP contribution in [0.25, 0.3) is 10.9 Å². The monoisotopic (exact) mass is 529 g/mol. The van der Waals surface area contributed by atoms with E-state index >= 15 is 0 Å². The fourth-order valence-electron chi connectivity index (χ4n) is 5.65. The summed E-state index contributed by atoms with van der Waals surface area (Å²) in [6.07, 6.45) is 7.99. The summed E-state index contributed by atoms with van der Waals surface area (Å²) in [4.78, 5) is 4.51. The smallest absolute Gasteiger partial charge is 0.148 e. The van der Waals surface area contributed by atoms with E-state index in [4.69, 9.17) is 11.6 Å². The first kappa shape index (κ1) is 24.8. The first-order chi connectivity index (χ1) is 18.1. The van der Waals surface area contributed by atoms with Gasteiger partial charge in [-0.15, -0.1) is 5.53 Å². The van der Waals surface area contributed by atoms with Crippen LogP contribution < -0.4 is 21.6 Å². The van der Waals surface area contributed by atoms with Crippen LogP contribution in [0.4, 0.5) is 15.8 Å². The molecular weight excluding hydrogens is 500 g/mol. The van der Waals surface area contributed by atoms with Gasteiger partial charge in [-0.25, -0.2) is 4.39 Å². The molecule has 2 heterocycles. The standard InChI is InChI=1S/C28H30BClFN7/c1-27(2)11-20(12-27)34-25-16(13-32)14-33-26-22(25)9-19(10-23(26)30)35-28(29,17-3-5-18(31)6-4-17)24-15-38(37-36-24)21-7-8-21/h3-6,9-10,14-15,20-21,35-37H,7-8,11-12,29H2,1-2H3,(H,33,34). The van der Waals surface area contributed by atoms with Crippen LogP contribution in [0.3, 0.4) is 0 Å². The summed E-state index contributed by atoms with van der Waals surface area (Å²) in [7, 11) is 2.05. The highest BCUT2D eigenvalue weighted by Crippen LogP contribution is 2.43. The molecule has 1 aromatic heterocycles. The molecule has 7 nitrogen and oxygen atoms in total. The summed E-state index contributed by atoms with van der Waals surface area (Å²) in [5.74, 6) is -0.291. The molecule has 0 spiro atoms. The van der Waals surface area contributed by atoms with Gasteiger partial charge in [-0.2, -0.15) is 5.26 Å².